The number of carbonyl (C=O) groups excluding carboxylic acids is 2. The maximum absolute atomic E-state index is 12.4. The van der Waals surface area contributed by atoms with Crippen molar-refractivity contribution in [2.45, 2.75) is 296 Å². The van der Waals surface area contributed by atoms with E-state index in [4.69, 9.17) is 4.74 Å². The Morgan fingerprint density at radius 3 is 1.24 bits per heavy atom. The summed E-state index contributed by atoms with van der Waals surface area (Å²) in [6.45, 7) is 4.86. The number of carbonyl (C=O) groups is 2. The van der Waals surface area contributed by atoms with Crippen LogP contribution >= 0.6 is 0 Å². The molecule has 3 N–H and O–H groups in total. The molecule has 0 aliphatic carbocycles. The molecule has 0 aliphatic heterocycles. The molecule has 0 aromatic carbocycles. The zero-order valence-corrected chi connectivity index (χ0v) is 41.4. The summed E-state index contributed by atoms with van der Waals surface area (Å²) in [6, 6.07) is -0.634. The van der Waals surface area contributed by atoms with Crippen molar-refractivity contribution < 1.29 is 24.5 Å². The largest absolute Gasteiger partial charge is 0.466 e. The van der Waals surface area contributed by atoms with Crippen LogP contribution in [0, 0.1) is 0 Å². The van der Waals surface area contributed by atoms with Crippen LogP contribution in [0.5, 0.6) is 0 Å². The van der Waals surface area contributed by atoms with E-state index >= 15 is 0 Å². The zero-order valence-electron chi connectivity index (χ0n) is 41.4. The smallest absolute Gasteiger partial charge is 0.305 e. The van der Waals surface area contributed by atoms with Crippen LogP contribution < -0.4 is 5.32 Å². The molecule has 0 fully saturated rings. The van der Waals surface area contributed by atoms with Crippen molar-refractivity contribution in [2.24, 2.45) is 0 Å². The average Bonchev–Trinajstić information content (AvgIpc) is 3.27. The average molecular weight is 872 g/mol. The van der Waals surface area contributed by atoms with Crippen molar-refractivity contribution in [1.29, 1.82) is 0 Å². The highest BCUT2D eigenvalue weighted by Crippen LogP contribution is 2.16. The first kappa shape index (κ1) is 60.1. The molecule has 6 nitrogen and oxygen atoms in total. The van der Waals surface area contributed by atoms with Gasteiger partial charge in [0.1, 0.15) is 0 Å². The maximum atomic E-state index is 12.4. The fourth-order valence-corrected chi connectivity index (χ4v) is 8.19. The van der Waals surface area contributed by atoms with Crippen molar-refractivity contribution >= 4 is 11.9 Å². The lowest BCUT2D eigenvalue weighted by Gasteiger charge is -2.20. The van der Waals surface area contributed by atoms with Crippen LogP contribution in [-0.2, 0) is 14.3 Å². The number of hydrogen-bond donors (Lipinski definition) is 3. The maximum Gasteiger partial charge on any atom is 0.305 e. The lowest BCUT2D eigenvalue weighted by Crippen LogP contribution is -2.45. The van der Waals surface area contributed by atoms with Crippen LogP contribution in [0.2, 0.25) is 0 Å². The van der Waals surface area contributed by atoms with Gasteiger partial charge >= 0.3 is 5.97 Å². The molecule has 364 valence electrons. The Labute approximate surface area is 385 Å². The van der Waals surface area contributed by atoms with Gasteiger partial charge in [-0.15, -0.1) is 0 Å². The number of aliphatic hydroxyl groups excluding tert-OH is 2. The zero-order chi connectivity index (χ0) is 45.1. The lowest BCUT2D eigenvalue weighted by atomic mass is 10.0. The van der Waals surface area contributed by atoms with Crippen LogP contribution in [0.15, 0.2) is 36.5 Å². The summed E-state index contributed by atoms with van der Waals surface area (Å²) in [5.41, 5.74) is 0. The molecule has 0 saturated carbocycles. The van der Waals surface area contributed by atoms with E-state index in [2.05, 4.69) is 43.5 Å². The van der Waals surface area contributed by atoms with Crippen LogP contribution in [-0.4, -0.2) is 47.4 Å². The van der Waals surface area contributed by atoms with E-state index in [-0.39, 0.29) is 18.5 Å². The minimum absolute atomic E-state index is 0.0143. The van der Waals surface area contributed by atoms with Gasteiger partial charge in [0.2, 0.25) is 5.91 Å². The normalized spacial score (nSPS) is 12.9. The van der Waals surface area contributed by atoms with Crippen LogP contribution in [0.1, 0.15) is 284 Å². The summed E-state index contributed by atoms with van der Waals surface area (Å²) < 4.78 is 5.47. The second-order valence-electron chi connectivity index (χ2n) is 18.6. The molecule has 2 unspecified atom stereocenters. The molecule has 0 aromatic rings. The van der Waals surface area contributed by atoms with Crippen molar-refractivity contribution in [3.05, 3.63) is 36.5 Å². The van der Waals surface area contributed by atoms with Crippen LogP contribution in [0.4, 0.5) is 0 Å². The molecule has 0 radical (unpaired) electrons. The number of nitrogens with one attached hydrogen (secondary N) is 1. The highest BCUT2D eigenvalue weighted by molar-refractivity contribution is 5.76. The summed E-state index contributed by atoms with van der Waals surface area (Å²) in [7, 11) is 0. The van der Waals surface area contributed by atoms with Gasteiger partial charge in [0.05, 0.1) is 25.4 Å². The molecule has 0 heterocycles. The minimum atomic E-state index is -0.850. The Hall–Kier alpha value is -1.92. The third kappa shape index (κ3) is 47.6. The van der Waals surface area contributed by atoms with Gasteiger partial charge in [-0.05, 0) is 64.2 Å². The van der Waals surface area contributed by atoms with Gasteiger partial charge < -0.3 is 20.3 Å². The van der Waals surface area contributed by atoms with Gasteiger partial charge in [-0.25, -0.2) is 0 Å². The summed E-state index contributed by atoms with van der Waals surface area (Å²) in [5, 5.41) is 23.1. The number of esters is 1. The van der Waals surface area contributed by atoms with Crippen LogP contribution in [0.3, 0.4) is 0 Å². The summed E-state index contributed by atoms with van der Waals surface area (Å²) in [5.74, 6) is -0.0915. The number of hydrogen-bond acceptors (Lipinski definition) is 5. The summed E-state index contributed by atoms with van der Waals surface area (Å²) >= 11 is 0. The summed E-state index contributed by atoms with van der Waals surface area (Å²) in [4.78, 5) is 24.5. The number of unbranched alkanes of at least 4 members (excludes halogenated alkanes) is 35. The monoisotopic (exact) mass is 872 g/mol. The Kier molecular flexibility index (Phi) is 50.1. The third-order valence-electron chi connectivity index (χ3n) is 12.4. The fraction of sp³-hybridized carbons (Fsp3) is 0.857. The topological polar surface area (TPSA) is 95.9 Å². The van der Waals surface area contributed by atoms with Gasteiger partial charge in [0, 0.05) is 12.8 Å². The first-order chi connectivity index (χ1) is 30.5. The van der Waals surface area contributed by atoms with Crippen molar-refractivity contribution in [3.63, 3.8) is 0 Å². The molecule has 0 rings (SSSR count). The minimum Gasteiger partial charge on any atom is -0.466 e. The van der Waals surface area contributed by atoms with E-state index in [1.54, 1.807) is 6.08 Å². The first-order valence-corrected chi connectivity index (χ1v) is 27.3. The molecule has 0 aliphatic rings. The predicted molar refractivity (Wildman–Crippen MR) is 269 cm³/mol. The van der Waals surface area contributed by atoms with E-state index < -0.39 is 12.1 Å². The molecular weight excluding hydrogens is 767 g/mol. The van der Waals surface area contributed by atoms with E-state index in [1.807, 2.05) is 6.08 Å². The standard InChI is InChI=1S/C56H105NO5/c1-3-5-7-9-11-13-15-17-19-22-26-30-34-38-42-46-50-56(61)62-51-47-43-39-35-31-27-23-20-21-25-29-33-37-41-45-49-55(60)57-53(52-58)54(59)48-44-40-36-32-28-24-18-16-14-12-10-8-6-4-2/h13,15,19,22,44,48,53-54,58-59H,3-12,14,16-18,20-21,23-43,45-47,49-52H2,1-2H3,(H,57,60)/b15-13-,22-19-,48-44+. The van der Waals surface area contributed by atoms with E-state index in [0.717, 1.165) is 64.2 Å². The molecule has 6 heteroatoms. The quantitative estimate of drug-likeness (QED) is 0.0321. The van der Waals surface area contributed by atoms with Gasteiger partial charge in [-0.1, -0.05) is 243 Å². The first-order valence-electron chi connectivity index (χ1n) is 27.3. The van der Waals surface area contributed by atoms with E-state index in [9.17, 15) is 19.8 Å². The number of amides is 1. The Morgan fingerprint density at radius 2 is 0.806 bits per heavy atom. The van der Waals surface area contributed by atoms with Gasteiger partial charge in [-0.3, -0.25) is 9.59 Å². The predicted octanol–water partition coefficient (Wildman–Crippen LogP) is 16.5. The molecule has 0 bridgehead atoms. The lowest BCUT2D eigenvalue weighted by molar-refractivity contribution is -0.143. The van der Waals surface area contributed by atoms with Crippen molar-refractivity contribution in [3.8, 4) is 0 Å². The Bertz CT molecular complexity index is 1010. The van der Waals surface area contributed by atoms with Crippen molar-refractivity contribution in [1.82, 2.24) is 5.32 Å². The molecule has 2 atom stereocenters. The van der Waals surface area contributed by atoms with Crippen molar-refractivity contribution in [2.75, 3.05) is 13.2 Å². The number of aliphatic hydroxyl groups is 2. The third-order valence-corrected chi connectivity index (χ3v) is 12.4. The Balaban J connectivity index is 3.47. The molecule has 0 aromatic heterocycles. The molecule has 62 heavy (non-hydrogen) atoms. The van der Waals surface area contributed by atoms with Gasteiger partial charge in [0.15, 0.2) is 0 Å². The number of rotatable bonds is 50. The van der Waals surface area contributed by atoms with E-state index in [0.29, 0.717) is 19.4 Å². The molecule has 0 spiro atoms. The fourth-order valence-electron chi connectivity index (χ4n) is 8.19. The molecular formula is C56H105NO5. The number of ether oxygens (including phenoxy) is 1. The molecule has 1 amide bonds. The highest BCUT2D eigenvalue weighted by Gasteiger charge is 2.18. The second kappa shape index (κ2) is 51.7. The van der Waals surface area contributed by atoms with E-state index in [1.165, 1.54) is 193 Å². The second-order valence-corrected chi connectivity index (χ2v) is 18.6. The van der Waals surface area contributed by atoms with Crippen LogP contribution in [0.25, 0.3) is 0 Å². The van der Waals surface area contributed by atoms with Gasteiger partial charge in [-0.2, -0.15) is 0 Å². The highest BCUT2D eigenvalue weighted by atomic mass is 16.5. The Morgan fingerprint density at radius 1 is 0.452 bits per heavy atom. The SMILES string of the molecule is CCCCCC/C=C\C/C=C\CCCCCCCC(=O)OCCCCCCCCCCCCCCCCCC(=O)NC(CO)C(O)/C=C/CCCCCCCCCCCCCC. The summed E-state index contributed by atoms with van der Waals surface area (Å²) in [6.07, 6.45) is 62.9. The molecule has 0 saturated heterocycles. The number of allylic oxidation sites excluding steroid dienone is 5. The van der Waals surface area contributed by atoms with Gasteiger partial charge in [0.25, 0.3) is 0 Å².